The van der Waals surface area contributed by atoms with Crippen molar-refractivity contribution in [2.45, 2.75) is 20.8 Å². The second-order valence-corrected chi connectivity index (χ2v) is 8.57. The number of anilines is 1. The van der Waals surface area contributed by atoms with Crippen molar-refractivity contribution in [2.24, 2.45) is 0 Å². The van der Waals surface area contributed by atoms with Crippen molar-refractivity contribution in [3.8, 4) is 22.6 Å². The summed E-state index contributed by atoms with van der Waals surface area (Å²) in [5.41, 5.74) is 6.94. The number of furan rings is 1. The van der Waals surface area contributed by atoms with Crippen LogP contribution in [0.2, 0.25) is 5.02 Å². The zero-order valence-corrected chi connectivity index (χ0v) is 20.5. The van der Waals surface area contributed by atoms with Gasteiger partial charge in [-0.1, -0.05) is 41.4 Å². The van der Waals surface area contributed by atoms with E-state index < -0.39 is 0 Å². The third kappa shape index (κ3) is 4.52. The summed E-state index contributed by atoms with van der Waals surface area (Å²) in [5, 5.41) is 4.31. The number of aryl methyl sites for hydroxylation is 2. The van der Waals surface area contributed by atoms with Crippen molar-refractivity contribution in [2.75, 3.05) is 19.5 Å². The average Bonchev–Trinajstić information content (AvgIpc) is 3.24. The summed E-state index contributed by atoms with van der Waals surface area (Å²) in [4.78, 5) is 12.8. The minimum Gasteiger partial charge on any atom is -0.496 e. The zero-order valence-electron chi connectivity index (χ0n) is 19.8. The number of rotatable bonds is 6. The number of amides is 1. The van der Waals surface area contributed by atoms with Gasteiger partial charge in [0.1, 0.15) is 17.1 Å². The minimum absolute atomic E-state index is 0.302. The van der Waals surface area contributed by atoms with E-state index in [1.165, 1.54) is 11.6 Å². The molecule has 1 aromatic heterocycles. The van der Waals surface area contributed by atoms with E-state index in [2.05, 4.69) is 36.5 Å². The molecular formula is C28H26ClNO4. The van der Waals surface area contributed by atoms with Crippen molar-refractivity contribution in [1.29, 1.82) is 0 Å². The molecule has 0 unspecified atom stereocenters. The first-order valence-electron chi connectivity index (χ1n) is 10.8. The van der Waals surface area contributed by atoms with Crippen molar-refractivity contribution in [1.82, 2.24) is 0 Å². The van der Waals surface area contributed by atoms with Gasteiger partial charge in [-0.25, -0.2) is 0 Å². The first-order valence-corrected chi connectivity index (χ1v) is 11.2. The molecule has 0 aliphatic carbocycles. The first-order chi connectivity index (χ1) is 16.3. The topological polar surface area (TPSA) is 60.7 Å². The molecule has 0 aliphatic heterocycles. The summed E-state index contributed by atoms with van der Waals surface area (Å²) in [7, 11) is 3.16. The van der Waals surface area contributed by atoms with Crippen LogP contribution in [0.15, 0.2) is 65.3 Å². The number of carbonyl (C=O) groups is 1. The van der Waals surface area contributed by atoms with Crippen molar-refractivity contribution in [3.63, 3.8) is 0 Å². The van der Waals surface area contributed by atoms with Gasteiger partial charge in [0.05, 0.1) is 26.2 Å². The van der Waals surface area contributed by atoms with E-state index in [0.717, 1.165) is 38.8 Å². The average molecular weight is 476 g/mol. The van der Waals surface area contributed by atoms with Gasteiger partial charge in [0.25, 0.3) is 0 Å². The van der Waals surface area contributed by atoms with Crippen molar-refractivity contribution in [3.05, 3.63) is 82.6 Å². The van der Waals surface area contributed by atoms with Gasteiger partial charge >= 0.3 is 0 Å². The van der Waals surface area contributed by atoms with Gasteiger partial charge in [-0.15, -0.1) is 0 Å². The van der Waals surface area contributed by atoms with Crippen LogP contribution in [0.1, 0.15) is 23.6 Å². The predicted octanol–water partition coefficient (Wildman–Crippen LogP) is 7.43. The lowest BCUT2D eigenvalue weighted by molar-refractivity contribution is -0.111. The third-order valence-electron chi connectivity index (χ3n) is 5.80. The van der Waals surface area contributed by atoms with Gasteiger partial charge in [0.2, 0.25) is 5.91 Å². The van der Waals surface area contributed by atoms with Crippen LogP contribution in [0.4, 0.5) is 5.69 Å². The molecule has 4 rings (SSSR count). The molecule has 0 bridgehead atoms. The Hall–Kier alpha value is -3.70. The molecule has 1 amide bonds. The molecule has 34 heavy (non-hydrogen) atoms. The van der Waals surface area contributed by atoms with E-state index in [9.17, 15) is 4.79 Å². The van der Waals surface area contributed by atoms with E-state index in [4.69, 9.17) is 25.5 Å². The molecule has 4 aromatic rings. The predicted molar refractivity (Wildman–Crippen MR) is 138 cm³/mol. The number of benzene rings is 3. The monoisotopic (exact) mass is 475 g/mol. The van der Waals surface area contributed by atoms with Crippen molar-refractivity contribution >= 4 is 39.7 Å². The second-order valence-electron chi connectivity index (χ2n) is 8.14. The van der Waals surface area contributed by atoms with E-state index in [-0.39, 0.29) is 5.91 Å². The molecule has 0 atom stereocenters. The van der Waals surface area contributed by atoms with Crippen LogP contribution in [0.3, 0.4) is 0 Å². The smallest absolute Gasteiger partial charge is 0.248 e. The van der Waals surface area contributed by atoms with Crippen LogP contribution in [-0.2, 0) is 4.79 Å². The molecule has 6 heteroatoms. The fourth-order valence-corrected chi connectivity index (χ4v) is 4.22. The van der Waals surface area contributed by atoms with E-state index in [1.807, 2.05) is 19.9 Å². The molecule has 174 valence electrons. The maximum atomic E-state index is 12.8. The molecule has 0 saturated heterocycles. The summed E-state index contributed by atoms with van der Waals surface area (Å²) >= 11 is 6.09. The summed E-state index contributed by atoms with van der Waals surface area (Å²) in [5.74, 6) is 0.891. The molecule has 0 saturated carbocycles. The van der Waals surface area contributed by atoms with Gasteiger partial charge in [-0.2, -0.15) is 0 Å². The third-order valence-corrected chi connectivity index (χ3v) is 6.04. The Labute approximate surface area is 203 Å². The van der Waals surface area contributed by atoms with Gasteiger partial charge in [0.15, 0.2) is 0 Å². The second kappa shape index (κ2) is 9.65. The highest BCUT2D eigenvalue weighted by molar-refractivity contribution is 6.31. The van der Waals surface area contributed by atoms with E-state index in [0.29, 0.717) is 22.2 Å². The fourth-order valence-electron chi connectivity index (χ4n) is 4.05. The fraction of sp³-hybridized carbons (Fsp3) is 0.179. The number of nitrogens with one attached hydrogen (secondary N) is 1. The molecule has 0 radical (unpaired) electrons. The Bertz CT molecular complexity index is 1400. The lowest BCUT2D eigenvalue weighted by Gasteiger charge is -2.14. The molecule has 0 spiro atoms. The lowest BCUT2D eigenvalue weighted by atomic mass is 9.96. The van der Waals surface area contributed by atoms with E-state index in [1.54, 1.807) is 38.7 Å². The molecular weight excluding hydrogens is 450 g/mol. The normalized spacial score (nSPS) is 11.5. The number of methoxy groups -OCH3 is 2. The molecule has 1 N–H and O–H groups in total. The summed E-state index contributed by atoms with van der Waals surface area (Å²) in [6.45, 7) is 5.89. The van der Waals surface area contributed by atoms with E-state index >= 15 is 0 Å². The maximum absolute atomic E-state index is 12.8. The Balaban J connectivity index is 1.76. The molecule has 5 nitrogen and oxygen atoms in total. The van der Waals surface area contributed by atoms with Gasteiger partial charge < -0.3 is 19.2 Å². The Kier molecular flexibility index (Phi) is 6.66. The SMILES string of the molecule is COc1ccc(Cl)cc1NC(=O)/C=C(\C)c1cc2c(-c3ccc(C)cc3)coc2c(C)c1OC. The minimum atomic E-state index is -0.302. The Morgan fingerprint density at radius 1 is 1.03 bits per heavy atom. The number of fused-ring (bicyclic) bond motifs is 1. The quantitative estimate of drug-likeness (QED) is 0.294. The summed E-state index contributed by atoms with van der Waals surface area (Å²) < 4.78 is 17.0. The lowest BCUT2D eigenvalue weighted by Crippen LogP contribution is -2.10. The molecule has 0 aliphatic rings. The summed E-state index contributed by atoms with van der Waals surface area (Å²) in [6, 6.07) is 15.4. The first kappa shape index (κ1) is 23.5. The van der Waals surface area contributed by atoms with Crippen LogP contribution in [-0.4, -0.2) is 20.1 Å². The number of carbonyl (C=O) groups excluding carboxylic acids is 1. The largest absolute Gasteiger partial charge is 0.496 e. The highest BCUT2D eigenvalue weighted by Gasteiger charge is 2.19. The zero-order chi connectivity index (χ0) is 24.4. The number of allylic oxidation sites excluding steroid dienone is 1. The van der Waals surface area contributed by atoms with Crippen LogP contribution < -0.4 is 14.8 Å². The molecule has 1 heterocycles. The molecule has 3 aromatic carbocycles. The van der Waals surface area contributed by atoms with Gasteiger partial charge in [0, 0.05) is 33.2 Å². The summed E-state index contributed by atoms with van der Waals surface area (Å²) in [6.07, 6.45) is 3.30. The van der Waals surface area contributed by atoms with Crippen LogP contribution in [0.25, 0.3) is 27.7 Å². The standard InChI is InChI=1S/C28H26ClNO4/c1-16-6-8-19(9-7-16)23-15-34-28-18(3)27(33-5)21(14-22(23)28)17(2)12-26(31)30-24-13-20(29)10-11-25(24)32-4/h6-15H,1-5H3,(H,30,31)/b17-12+. The van der Waals surface area contributed by atoms with Crippen molar-refractivity contribution < 1.29 is 18.7 Å². The van der Waals surface area contributed by atoms with Gasteiger partial charge in [-0.05, 0) is 56.2 Å². The number of halogens is 1. The Morgan fingerprint density at radius 2 is 1.76 bits per heavy atom. The van der Waals surface area contributed by atoms with Gasteiger partial charge in [-0.3, -0.25) is 4.79 Å². The highest BCUT2D eigenvalue weighted by atomic mass is 35.5. The van der Waals surface area contributed by atoms with Crippen LogP contribution in [0.5, 0.6) is 11.5 Å². The van der Waals surface area contributed by atoms with Crippen LogP contribution in [0, 0.1) is 13.8 Å². The maximum Gasteiger partial charge on any atom is 0.248 e. The van der Waals surface area contributed by atoms with Crippen LogP contribution >= 0.6 is 11.6 Å². The number of ether oxygens (including phenoxy) is 2. The number of hydrogen-bond acceptors (Lipinski definition) is 4. The Morgan fingerprint density at radius 3 is 2.44 bits per heavy atom. The molecule has 0 fully saturated rings. The highest BCUT2D eigenvalue weighted by Crippen LogP contribution is 2.40. The number of hydrogen-bond donors (Lipinski definition) is 1.